The molecule has 108 valence electrons. The Morgan fingerprint density at radius 1 is 1.45 bits per heavy atom. The maximum Gasteiger partial charge on any atom is 0.154 e. The van der Waals surface area contributed by atoms with Gasteiger partial charge in [-0.15, -0.1) is 0 Å². The monoisotopic (exact) mass is 274 g/mol. The fourth-order valence-electron chi connectivity index (χ4n) is 3.19. The van der Waals surface area contributed by atoms with E-state index in [-0.39, 0.29) is 12.0 Å². The van der Waals surface area contributed by atoms with Crippen molar-refractivity contribution in [2.75, 3.05) is 24.6 Å². The molecule has 1 aliphatic rings. The van der Waals surface area contributed by atoms with Crippen molar-refractivity contribution in [2.45, 2.75) is 33.1 Å². The second-order valence-electron chi connectivity index (χ2n) is 5.90. The first kappa shape index (κ1) is 13.4. The summed E-state index contributed by atoms with van der Waals surface area (Å²) < 4.78 is 1.89. The zero-order chi connectivity index (χ0) is 14.2. The van der Waals surface area contributed by atoms with Crippen LogP contribution in [0.3, 0.4) is 0 Å². The average molecular weight is 274 g/mol. The number of aliphatic hydroxyl groups excluding tert-OH is 1. The number of piperidine rings is 1. The predicted octanol–water partition coefficient (Wildman–Crippen LogP) is 2.03. The molecule has 1 atom stereocenters. The van der Waals surface area contributed by atoms with E-state index < -0.39 is 0 Å². The van der Waals surface area contributed by atoms with Gasteiger partial charge in [0, 0.05) is 30.9 Å². The Labute approximate surface area is 119 Å². The van der Waals surface area contributed by atoms with Crippen LogP contribution in [0, 0.1) is 12.3 Å². The highest BCUT2D eigenvalue weighted by atomic mass is 16.3. The highest BCUT2D eigenvalue weighted by Gasteiger charge is 2.34. The summed E-state index contributed by atoms with van der Waals surface area (Å²) in [6.45, 7) is 6.28. The Kier molecular flexibility index (Phi) is 3.38. The Morgan fingerprint density at radius 2 is 2.30 bits per heavy atom. The van der Waals surface area contributed by atoms with Crippen LogP contribution >= 0.6 is 0 Å². The molecule has 3 heterocycles. The number of nitrogens with zero attached hydrogens (tertiary/aromatic N) is 4. The zero-order valence-electron chi connectivity index (χ0n) is 12.2. The number of hydrogen-bond donors (Lipinski definition) is 1. The molecule has 0 saturated carbocycles. The lowest BCUT2D eigenvalue weighted by molar-refractivity contribution is 0.101. The normalized spacial score (nSPS) is 23.4. The van der Waals surface area contributed by atoms with Gasteiger partial charge in [0.05, 0.1) is 12.3 Å². The molecule has 0 bridgehead atoms. The molecule has 1 fully saturated rings. The number of aryl methyl sites for hydroxylation is 1. The lowest BCUT2D eigenvalue weighted by Gasteiger charge is -2.42. The number of rotatable bonds is 3. The van der Waals surface area contributed by atoms with Gasteiger partial charge < -0.3 is 10.0 Å². The van der Waals surface area contributed by atoms with E-state index in [0.29, 0.717) is 0 Å². The third kappa shape index (κ3) is 2.16. The molecule has 1 aliphatic heterocycles. The van der Waals surface area contributed by atoms with Crippen LogP contribution < -0.4 is 4.90 Å². The summed E-state index contributed by atoms with van der Waals surface area (Å²) in [6.07, 6.45) is 6.88. The minimum absolute atomic E-state index is 0.0157. The summed E-state index contributed by atoms with van der Waals surface area (Å²) in [5.74, 6) is 0.985. The number of aromatic nitrogens is 3. The van der Waals surface area contributed by atoms with Gasteiger partial charge in [-0.25, -0.2) is 9.50 Å². The van der Waals surface area contributed by atoms with E-state index in [9.17, 15) is 5.11 Å². The van der Waals surface area contributed by atoms with Gasteiger partial charge in [-0.05, 0) is 32.3 Å². The molecular weight excluding hydrogens is 252 g/mol. The SMILES string of the molecule is CCC1(CO)CCCN(c2nccn3nc(C)cc23)C1. The molecule has 1 unspecified atom stereocenters. The minimum Gasteiger partial charge on any atom is -0.396 e. The van der Waals surface area contributed by atoms with E-state index in [4.69, 9.17) is 0 Å². The third-order valence-electron chi connectivity index (χ3n) is 4.54. The first-order chi connectivity index (χ1) is 9.67. The van der Waals surface area contributed by atoms with Crippen LogP contribution in [-0.2, 0) is 0 Å². The van der Waals surface area contributed by atoms with Gasteiger partial charge in [0.25, 0.3) is 0 Å². The molecule has 1 N–H and O–H groups in total. The van der Waals surface area contributed by atoms with Gasteiger partial charge in [0.2, 0.25) is 0 Å². The van der Waals surface area contributed by atoms with Crippen molar-refractivity contribution in [1.82, 2.24) is 14.6 Å². The fourth-order valence-corrected chi connectivity index (χ4v) is 3.19. The van der Waals surface area contributed by atoms with Gasteiger partial charge >= 0.3 is 0 Å². The van der Waals surface area contributed by atoms with Crippen molar-refractivity contribution in [3.8, 4) is 0 Å². The predicted molar refractivity (Wildman–Crippen MR) is 79.0 cm³/mol. The summed E-state index contributed by atoms with van der Waals surface area (Å²) in [7, 11) is 0. The van der Waals surface area contributed by atoms with Gasteiger partial charge in [0.1, 0.15) is 5.52 Å². The number of aliphatic hydroxyl groups is 1. The standard InChI is InChI=1S/C15H22N4O/c1-3-15(11-20)5-4-7-18(10-15)14-13-9-12(2)17-19(13)8-6-16-14/h6,8-9,20H,3-5,7,10-11H2,1-2H3. The molecule has 0 spiro atoms. The Morgan fingerprint density at radius 3 is 3.05 bits per heavy atom. The van der Waals surface area contributed by atoms with Crippen LogP contribution in [0.4, 0.5) is 5.82 Å². The summed E-state index contributed by atoms with van der Waals surface area (Å²) >= 11 is 0. The van der Waals surface area contributed by atoms with Crippen molar-refractivity contribution in [1.29, 1.82) is 0 Å². The van der Waals surface area contributed by atoms with E-state index in [1.54, 1.807) is 6.20 Å². The molecule has 5 nitrogen and oxygen atoms in total. The van der Waals surface area contributed by atoms with Gasteiger partial charge in [0.15, 0.2) is 5.82 Å². The summed E-state index contributed by atoms with van der Waals surface area (Å²) in [5, 5.41) is 14.2. The summed E-state index contributed by atoms with van der Waals surface area (Å²) in [5.41, 5.74) is 2.07. The first-order valence-corrected chi connectivity index (χ1v) is 7.34. The maximum atomic E-state index is 9.76. The molecule has 1 saturated heterocycles. The maximum absolute atomic E-state index is 9.76. The van der Waals surface area contributed by atoms with Crippen molar-refractivity contribution in [3.05, 3.63) is 24.2 Å². The molecule has 0 amide bonds. The van der Waals surface area contributed by atoms with Crippen molar-refractivity contribution in [2.24, 2.45) is 5.41 Å². The van der Waals surface area contributed by atoms with E-state index in [0.717, 1.165) is 49.4 Å². The van der Waals surface area contributed by atoms with E-state index in [1.165, 1.54) is 0 Å². The molecule has 2 aromatic heterocycles. The number of anilines is 1. The van der Waals surface area contributed by atoms with Gasteiger partial charge in [-0.3, -0.25) is 0 Å². The summed E-state index contributed by atoms with van der Waals surface area (Å²) in [4.78, 5) is 6.87. The smallest absolute Gasteiger partial charge is 0.154 e. The van der Waals surface area contributed by atoms with Crippen molar-refractivity contribution in [3.63, 3.8) is 0 Å². The topological polar surface area (TPSA) is 53.7 Å². The Bertz CT molecular complexity index is 603. The third-order valence-corrected chi connectivity index (χ3v) is 4.54. The minimum atomic E-state index is 0.0157. The summed E-state index contributed by atoms with van der Waals surface area (Å²) in [6, 6.07) is 2.07. The van der Waals surface area contributed by atoms with Crippen molar-refractivity contribution < 1.29 is 5.11 Å². The van der Waals surface area contributed by atoms with Crippen LogP contribution in [0.1, 0.15) is 31.9 Å². The lowest BCUT2D eigenvalue weighted by Crippen LogP contribution is -2.45. The van der Waals surface area contributed by atoms with Crippen LogP contribution in [0.15, 0.2) is 18.5 Å². The zero-order valence-corrected chi connectivity index (χ0v) is 12.2. The molecular formula is C15H22N4O. The Balaban J connectivity index is 1.98. The second kappa shape index (κ2) is 5.05. The molecule has 5 heteroatoms. The quantitative estimate of drug-likeness (QED) is 0.930. The number of hydrogen-bond acceptors (Lipinski definition) is 4. The lowest BCUT2D eigenvalue weighted by atomic mass is 9.78. The molecule has 0 radical (unpaired) electrons. The van der Waals surface area contributed by atoms with Gasteiger partial charge in [-0.1, -0.05) is 6.92 Å². The van der Waals surface area contributed by atoms with Crippen molar-refractivity contribution >= 4 is 11.3 Å². The van der Waals surface area contributed by atoms with E-state index in [2.05, 4.69) is 28.0 Å². The molecule has 0 aromatic carbocycles. The van der Waals surface area contributed by atoms with E-state index in [1.807, 2.05) is 17.6 Å². The fraction of sp³-hybridized carbons (Fsp3) is 0.600. The molecule has 3 rings (SSSR count). The highest BCUT2D eigenvalue weighted by Crippen LogP contribution is 2.35. The molecule has 0 aliphatic carbocycles. The number of fused-ring (bicyclic) bond motifs is 1. The van der Waals surface area contributed by atoms with Crippen LogP contribution in [-0.4, -0.2) is 39.4 Å². The van der Waals surface area contributed by atoms with Crippen LogP contribution in [0.5, 0.6) is 0 Å². The Hall–Kier alpha value is -1.62. The van der Waals surface area contributed by atoms with Crippen LogP contribution in [0.2, 0.25) is 0 Å². The highest BCUT2D eigenvalue weighted by molar-refractivity contribution is 5.69. The second-order valence-corrected chi connectivity index (χ2v) is 5.90. The van der Waals surface area contributed by atoms with Gasteiger partial charge in [-0.2, -0.15) is 5.10 Å². The largest absolute Gasteiger partial charge is 0.396 e. The van der Waals surface area contributed by atoms with E-state index >= 15 is 0 Å². The first-order valence-electron chi connectivity index (χ1n) is 7.34. The average Bonchev–Trinajstić information content (AvgIpc) is 2.87. The van der Waals surface area contributed by atoms with Crippen LogP contribution in [0.25, 0.3) is 5.52 Å². The molecule has 20 heavy (non-hydrogen) atoms. The molecule has 2 aromatic rings.